The van der Waals surface area contributed by atoms with Crippen molar-refractivity contribution < 1.29 is 9.63 Å². The Morgan fingerprint density at radius 2 is 2.16 bits per heavy atom. The Kier molecular flexibility index (Phi) is 4.34. The number of hydrogen-bond acceptors (Lipinski definition) is 3. The number of aryl methyl sites for hydroxylation is 2. The standard InChI is InChI=1S/C20H19BrN2O2/c1-13-7-8-18-15(10-13)5-3-9-23(18)20(24)19-12-17(22-25-19)14-4-2-6-16(21)11-14/h2,4,6-8,10-11,19H,3,5,9,12H2,1H3/t19-/m0/s1. The van der Waals surface area contributed by atoms with Crippen molar-refractivity contribution in [2.45, 2.75) is 32.3 Å². The number of nitrogens with zero attached hydrogens (tertiary/aromatic N) is 2. The summed E-state index contributed by atoms with van der Waals surface area (Å²) >= 11 is 3.47. The molecule has 0 N–H and O–H groups in total. The second-order valence-electron chi connectivity index (χ2n) is 6.57. The van der Waals surface area contributed by atoms with Crippen LogP contribution >= 0.6 is 15.9 Å². The molecular weight excluding hydrogens is 380 g/mol. The van der Waals surface area contributed by atoms with Gasteiger partial charge in [-0.2, -0.15) is 0 Å². The lowest BCUT2D eigenvalue weighted by atomic mass is 9.98. The second kappa shape index (κ2) is 6.64. The molecule has 2 aromatic carbocycles. The number of oxime groups is 1. The maximum atomic E-state index is 13.0. The summed E-state index contributed by atoms with van der Waals surface area (Å²) in [5.41, 5.74) is 5.29. The third-order valence-electron chi connectivity index (χ3n) is 4.72. The molecule has 128 valence electrons. The van der Waals surface area contributed by atoms with Gasteiger partial charge in [0.2, 0.25) is 6.10 Å². The van der Waals surface area contributed by atoms with Crippen molar-refractivity contribution >= 4 is 33.2 Å². The highest BCUT2D eigenvalue weighted by atomic mass is 79.9. The van der Waals surface area contributed by atoms with Crippen molar-refractivity contribution in [2.24, 2.45) is 5.16 Å². The number of fused-ring (bicyclic) bond motifs is 1. The van der Waals surface area contributed by atoms with Crippen LogP contribution in [-0.2, 0) is 16.1 Å². The van der Waals surface area contributed by atoms with Crippen LogP contribution in [0.25, 0.3) is 0 Å². The van der Waals surface area contributed by atoms with E-state index in [1.807, 2.05) is 35.2 Å². The van der Waals surface area contributed by atoms with Gasteiger partial charge in [-0.15, -0.1) is 0 Å². The fourth-order valence-electron chi connectivity index (χ4n) is 3.48. The summed E-state index contributed by atoms with van der Waals surface area (Å²) in [6.45, 7) is 2.82. The predicted octanol–water partition coefficient (Wildman–Crippen LogP) is 4.23. The zero-order chi connectivity index (χ0) is 17.4. The van der Waals surface area contributed by atoms with E-state index in [4.69, 9.17) is 4.84 Å². The van der Waals surface area contributed by atoms with Crippen LogP contribution in [0.15, 0.2) is 52.1 Å². The lowest BCUT2D eigenvalue weighted by Gasteiger charge is -2.31. The molecular formula is C20H19BrN2O2. The lowest BCUT2D eigenvalue weighted by Crippen LogP contribution is -2.42. The molecule has 0 saturated heterocycles. The van der Waals surface area contributed by atoms with Gasteiger partial charge in [-0.3, -0.25) is 4.79 Å². The average molecular weight is 399 g/mol. The fraction of sp³-hybridized carbons (Fsp3) is 0.300. The minimum atomic E-state index is -0.541. The quantitative estimate of drug-likeness (QED) is 0.759. The first kappa shape index (κ1) is 16.3. The van der Waals surface area contributed by atoms with Crippen molar-refractivity contribution in [3.63, 3.8) is 0 Å². The van der Waals surface area contributed by atoms with Gasteiger partial charge in [0, 0.05) is 28.7 Å². The summed E-state index contributed by atoms with van der Waals surface area (Å²) in [4.78, 5) is 20.4. The Bertz CT molecular complexity index is 863. The van der Waals surface area contributed by atoms with Gasteiger partial charge in [0.15, 0.2) is 0 Å². The van der Waals surface area contributed by atoms with Gasteiger partial charge in [0.25, 0.3) is 5.91 Å². The van der Waals surface area contributed by atoms with E-state index in [9.17, 15) is 4.79 Å². The van der Waals surface area contributed by atoms with E-state index in [0.717, 1.165) is 40.8 Å². The van der Waals surface area contributed by atoms with Crippen LogP contribution in [0.5, 0.6) is 0 Å². The SMILES string of the molecule is Cc1ccc2c(c1)CCCN2C(=O)[C@@H]1CC(c2cccc(Br)c2)=NO1. The molecule has 2 heterocycles. The van der Waals surface area contributed by atoms with Crippen molar-refractivity contribution in [3.05, 3.63) is 63.6 Å². The van der Waals surface area contributed by atoms with Gasteiger partial charge in [-0.05, 0) is 43.5 Å². The molecule has 2 aliphatic rings. The van der Waals surface area contributed by atoms with Crippen molar-refractivity contribution in [2.75, 3.05) is 11.4 Å². The van der Waals surface area contributed by atoms with Crippen molar-refractivity contribution in [1.82, 2.24) is 0 Å². The number of halogens is 1. The summed E-state index contributed by atoms with van der Waals surface area (Å²) in [7, 11) is 0. The van der Waals surface area contributed by atoms with E-state index in [1.54, 1.807) is 0 Å². The number of amides is 1. The summed E-state index contributed by atoms with van der Waals surface area (Å²) in [5, 5.41) is 4.16. The summed E-state index contributed by atoms with van der Waals surface area (Å²) < 4.78 is 0.989. The molecule has 25 heavy (non-hydrogen) atoms. The van der Waals surface area contributed by atoms with E-state index < -0.39 is 6.10 Å². The third kappa shape index (κ3) is 3.21. The zero-order valence-corrected chi connectivity index (χ0v) is 15.6. The topological polar surface area (TPSA) is 41.9 Å². The first-order chi connectivity index (χ1) is 12.1. The van der Waals surface area contributed by atoms with Crippen molar-refractivity contribution in [1.29, 1.82) is 0 Å². The van der Waals surface area contributed by atoms with Gasteiger partial charge in [0.05, 0.1) is 5.71 Å². The van der Waals surface area contributed by atoms with Gasteiger partial charge in [-0.25, -0.2) is 0 Å². The number of rotatable bonds is 2. The van der Waals surface area contributed by atoms with E-state index >= 15 is 0 Å². The maximum Gasteiger partial charge on any atom is 0.271 e. The number of benzene rings is 2. The number of carbonyl (C=O) groups excluding carboxylic acids is 1. The molecule has 0 bridgehead atoms. The molecule has 5 heteroatoms. The smallest absolute Gasteiger partial charge is 0.271 e. The van der Waals surface area contributed by atoms with Crippen LogP contribution < -0.4 is 4.90 Å². The Hall–Kier alpha value is -2.14. The Morgan fingerprint density at radius 1 is 1.28 bits per heavy atom. The minimum Gasteiger partial charge on any atom is -0.382 e. The molecule has 2 aliphatic heterocycles. The van der Waals surface area contributed by atoms with Crippen LogP contribution in [0.3, 0.4) is 0 Å². The molecule has 0 fully saturated rings. The molecule has 0 aliphatic carbocycles. The summed E-state index contributed by atoms with van der Waals surface area (Å²) in [6.07, 6.45) is 1.97. The van der Waals surface area contributed by atoms with Gasteiger partial charge in [0.1, 0.15) is 0 Å². The molecule has 2 aromatic rings. The van der Waals surface area contributed by atoms with Crippen LogP contribution in [0.4, 0.5) is 5.69 Å². The monoisotopic (exact) mass is 398 g/mol. The average Bonchev–Trinajstić information content (AvgIpc) is 3.10. The van der Waals surface area contributed by atoms with Gasteiger partial charge in [-0.1, -0.05) is 50.9 Å². The Labute approximate surface area is 155 Å². The molecule has 0 saturated carbocycles. The summed E-state index contributed by atoms with van der Waals surface area (Å²) in [6, 6.07) is 14.2. The van der Waals surface area contributed by atoms with Crippen LogP contribution in [0.2, 0.25) is 0 Å². The largest absolute Gasteiger partial charge is 0.382 e. The molecule has 1 atom stereocenters. The highest BCUT2D eigenvalue weighted by Gasteiger charge is 2.34. The van der Waals surface area contributed by atoms with Crippen LogP contribution in [-0.4, -0.2) is 24.3 Å². The predicted molar refractivity (Wildman–Crippen MR) is 102 cm³/mol. The first-order valence-corrected chi connectivity index (χ1v) is 9.30. The molecule has 4 rings (SSSR count). The van der Waals surface area contributed by atoms with E-state index in [0.29, 0.717) is 6.42 Å². The number of anilines is 1. The maximum absolute atomic E-state index is 13.0. The van der Waals surface area contributed by atoms with Crippen molar-refractivity contribution in [3.8, 4) is 0 Å². The first-order valence-electron chi connectivity index (χ1n) is 8.51. The molecule has 4 nitrogen and oxygen atoms in total. The Balaban J connectivity index is 1.52. The van der Waals surface area contributed by atoms with E-state index in [1.165, 1.54) is 11.1 Å². The molecule has 0 spiro atoms. The summed E-state index contributed by atoms with van der Waals surface area (Å²) in [5.74, 6) is -0.00134. The van der Waals surface area contributed by atoms with E-state index in [-0.39, 0.29) is 5.91 Å². The van der Waals surface area contributed by atoms with Gasteiger partial charge >= 0.3 is 0 Å². The zero-order valence-electron chi connectivity index (χ0n) is 14.0. The lowest BCUT2D eigenvalue weighted by molar-refractivity contribution is -0.128. The molecule has 1 amide bonds. The molecule has 0 unspecified atom stereocenters. The molecule has 0 radical (unpaired) electrons. The number of hydrogen-bond donors (Lipinski definition) is 0. The molecule has 0 aromatic heterocycles. The minimum absolute atomic E-state index is 0.00134. The highest BCUT2D eigenvalue weighted by Crippen LogP contribution is 2.30. The van der Waals surface area contributed by atoms with Crippen LogP contribution in [0, 0.1) is 6.92 Å². The van der Waals surface area contributed by atoms with Gasteiger partial charge < -0.3 is 9.74 Å². The second-order valence-corrected chi connectivity index (χ2v) is 7.49. The van der Waals surface area contributed by atoms with E-state index in [2.05, 4.69) is 40.1 Å². The Morgan fingerprint density at radius 3 is 3.00 bits per heavy atom. The third-order valence-corrected chi connectivity index (χ3v) is 5.22. The number of carbonyl (C=O) groups is 1. The highest BCUT2D eigenvalue weighted by molar-refractivity contribution is 9.10. The fourth-order valence-corrected chi connectivity index (χ4v) is 3.88. The normalized spacial score (nSPS) is 19.2. The van der Waals surface area contributed by atoms with Crippen LogP contribution in [0.1, 0.15) is 29.5 Å².